The molecule has 1 aromatic rings. The van der Waals surface area contributed by atoms with Crippen LogP contribution in [0.3, 0.4) is 0 Å². The Labute approximate surface area is 103 Å². The second kappa shape index (κ2) is 4.67. The lowest BCUT2D eigenvalue weighted by Gasteiger charge is -2.32. The van der Waals surface area contributed by atoms with Gasteiger partial charge in [-0.3, -0.25) is 4.90 Å². The summed E-state index contributed by atoms with van der Waals surface area (Å²) in [4.78, 5) is 1.96. The molecule has 1 aliphatic heterocycles. The predicted molar refractivity (Wildman–Crippen MR) is 68.4 cm³/mol. The standard InChI is InChI=1S/C14H21NO2/c1-9(2)11-7-10-5-6-15(3)14(16)12(10)8-13(11)17-4/h7-9,14,16H,5-6H2,1-4H3. The van der Waals surface area contributed by atoms with E-state index in [2.05, 4.69) is 19.9 Å². The summed E-state index contributed by atoms with van der Waals surface area (Å²) in [5.41, 5.74) is 3.46. The van der Waals surface area contributed by atoms with Gasteiger partial charge in [-0.15, -0.1) is 0 Å². The molecule has 0 spiro atoms. The average molecular weight is 235 g/mol. The van der Waals surface area contributed by atoms with Crippen molar-refractivity contribution in [3.8, 4) is 5.75 Å². The van der Waals surface area contributed by atoms with E-state index in [1.807, 2.05) is 18.0 Å². The highest BCUT2D eigenvalue weighted by molar-refractivity contribution is 5.46. The third kappa shape index (κ3) is 2.17. The molecule has 3 heteroatoms. The summed E-state index contributed by atoms with van der Waals surface area (Å²) in [5.74, 6) is 1.32. The van der Waals surface area contributed by atoms with E-state index in [1.165, 1.54) is 11.1 Å². The summed E-state index contributed by atoms with van der Waals surface area (Å²) in [5, 5.41) is 10.1. The third-order valence-corrected chi connectivity index (χ3v) is 3.54. The molecule has 1 N–H and O–H groups in total. The van der Waals surface area contributed by atoms with Crippen LogP contribution in [0.15, 0.2) is 12.1 Å². The Kier molecular flexibility index (Phi) is 3.40. The minimum absolute atomic E-state index is 0.437. The van der Waals surface area contributed by atoms with Crippen molar-refractivity contribution in [2.24, 2.45) is 0 Å². The summed E-state index contributed by atoms with van der Waals surface area (Å²) in [6, 6.07) is 4.18. The van der Waals surface area contributed by atoms with Gasteiger partial charge in [-0.1, -0.05) is 19.9 Å². The third-order valence-electron chi connectivity index (χ3n) is 3.54. The first-order chi connectivity index (χ1) is 8.04. The van der Waals surface area contributed by atoms with Crippen LogP contribution in [0.1, 0.15) is 42.7 Å². The van der Waals surface area contributed by atoms with Crippen molar-refractivity contribution in [3.05, 3.63) is 28.8 Å². The highest BCUT2D eigenvalue weighted by Crippen LogP contribution is 2.35. The molecule has 2 rings (SSSR count). The van der Waals surface area contributed by atoms with E-state index in [9.17, 15) is 5.11 Å². The lowest BCUT2D eigenvalue weighted by molar-refractivity contribution is 0.0126. The van der Waals surface area contributed by atoms with E-state index in [4.69, 9.17) is 4.74 Å². The monoisotopic (exact) mass is 235 g/mol. The normalized spacial score (nSPS) is 20.5. The Morgan fingerprint density at radius 2 is 2.12 bits per heavy atom. The maximum absolute atomic E-state index is 10.1. The fraction of sp³-hybridized carbons (Fsp3) is 0.571. The molecule has 17 heavy (non-hydrogen) atoms. The lowest BCUT2D eigenvalue weighted by Crippen LogP contribution is -2.32. The maximum atomic E-state index is 10.1. The van der Waals surface area contributed by atoms with E-state index >= 15 is 0 Å². The zero-order valence-electron chi connectivity index (χ0n) is 11.0. The quantitative estimate of drug-likeness (QED) is 0.853. The minimum Gasteiger partial charge on any atom is -0.496 e. The molecule has 0 radical (unpaired) electrons. The first-order valence-corrected chi connectivity index (χ1v) is 6.13. The van der Waals surface area contributed by atoms with Crippen LogP contribution in [0.4, 0.5) is 0 Å². The number of aliphatic hydroxyl groups is 1. The topological polar surface area (TPSA) is 32.7 Å². The number of methoxy groups -OCH3 is 1. The van der Waals surface area contributed by atoms with Gasteiger partial charge in [0.05, 0.1) is 7.11 Å². The molecular weight excluding hydrogens is 214 g/mol. The van der Waals surface area contributed by atoms with E-state index in [0.29, 0.717) is 5.92 Å². The van der Waals surface area contributed by atoms with Crippen LogP contribution in [-0.4, -0.2) is 30.7 Å². The highest BCUT2D eigenvalue weighted by Gasteiger charge is 2.24. The van der Waals surface area contributed by atoms with Gasteiger partial charge in [0.15, 0.2) is 0 Å². The van der Waals surface area contributed by atoms with Gasteiger partial charge in [0, 0.05) is 12.1 Å². The molecule has 1 atom stereocenters. The van der Waals surface area contributed by atoms with Crippen molar-refractivity contribution in [2.45, 2.75) is 32.4 Å². The number of likely N-dealkylation sites (N-methyl/N-ethyl adjacent to an activating group) is 1. The van der Waals surface area contributed by atoms with Gasteiger partial charge in [0.1, 0.15) is 12.0 Å². The minimum atomic E-state index is -0.506. The molecule has 1 unspecified atom stereocenters. The highest BCUT2D eigenvalue weighted by atomic mass is 16.5. The van der Waals surface area contributed by atoms with E-state index in [0.717, 1.165) is 24.3 Å². The summed E-state index contributed by atoms with van der Waals surface area (Å²) in [6.07, 6.45) is 0.487. The van der Waals surface area contributed by atoms with Crippen LogP contribution >= 0.6 is 0 Å². The second-order valence-corrected chi connectivity index (χ2v) is 5.05. The van der Waals surface area contributed by atoms with Gasteiger partial charge in [0.25, 0.3) is 0 Å². The summed E-state index contributed by atoms with van der Waals surface area (Å²) < 4.78 is 5.43. The molecule has 3 nitrogen and oxygen atoms in total. The lowest BCUT2D eigenvalue weighted by atomic mass is 9.91. The molecule has 0 saturated carbocycles. The largest absolute Gasteiger partial charge is 0.496 e. The number of rotatable bonds is 2. The summed E-state index contributed by atoms with van der Waals surface area (Å²) in [7, 11) is 3.63. The SMILES string of the molecule is COc1cc2c(cc1C(C)C)CCN(C)C2O. The fourth-order valence-corrected chi connectivity index (χ4v) is 2.40. The van der Waals surface area contributed by atoms with Crippen molar-refractivity contribution in [1.82, 2.24) is 4.90 Å². The Hall–Kier alpha value is -1.06. The number of nitrogens with zero attached hydrogens (tertiary/aromatic N) is 1. The molecule has 0 aromatic heterocycles. The maximum Gasteiger partial charge on any atom is 0.133 e. The molecule has 0 amide bonds. The smallest absolute Gasteiger partial charge is 0.133 e. The molecule has 0 bridgehead atoms. The van der Waals surface area contributed by atoms with Gasteiger partial charge in [-0.05, 0) is 36.6 Å². The summed E-state index contributed by atoms with van der Waals surface area (Å²) >= 11 is 0. The Morgan fingerprint density at radius 1 is 1.41 bits per heavy atom. The second-order valence-electron chi connectivity index (χ2n) is 5.05. The Bertz CT molecular complexity index is 415. The first-order valence-electron chi connectivity index (χ1n) is 6.13. The van der Waals surface area contributed by atoms with Gasteiger partial charge in [-0.25, -0.2) is 0 Å². The van der Waals surface area contributed by atoms with Crippen LogP contribution in [-0.2, 0) is 6.42 Å². The fourth-order valence-electron chi connectivity index (χ4n) is 2.40. The number of hydrogen-bond acceptors (Lipinski definition) is 3. The number of benzene rings is 1. The predicted octanol–water partition coefficient (Wildman–Crippen LogP) is 2.30. The molecule has 94 valence electrons. The van der Waals surface area contributed by atoms with E-state index in [1.54, 1.807) is 7.11 Å². The molecule has 1 aromatic carbocycles. The summed E-state index contributed by atoms with van der Waals surface area (Å²) in [6.45, 7) is 5.23. The van der Waals surface area contributed by atoms with Gasteiger partial charge >= 0.3 is 0 Å². The zero-order valence-corrected chi connectivity index (χ0v) is 11.0. The molecular formula is C14H21NO2. The number of aliphatic hydroxyl groups excluding tert-OH is 1. The van der Waals surface area contributed by atoms with Crippen LogP contribution in [0.2, 0.25) is 0 Å². The molecule has 1 aliphatic rings. The molecule has 0 saturated heterocycles. The zero-order chi connectivity index (χ0) is 12.6. The van der Waals surface area contributed by atoms with Gasteiger partial charge < -0.3 is 9.84 Å². The number of ether oxygens (including phenoxy) is 1. The van der Waals surface area contributed by atoms with Crippen LogP contribution in [0.5, 0.6) is 5.75 Å². The molecule has 0 fully saturated rings. The first kappa shape index (κ1) is 12.4. The average Bonchev–Trinajstić information content (AvgIpc) is 2.32. The molecule has 1 heterocycles. The van der Waals surface area contributed by atoms with Crippen molar-refractivity contribution in [2.75, 3.05) is 20.7 Å². The number of hydrogen-bond donors (Lipinski definition) is 1. The van der Waals surface area contributed by atoms with Gasteiger partial charge in [-0.2, -0.15) is 0 Å². The Morgan fingerprint density at radius 3 is 2.71 bits per heavy atom. The van der Waals surface area contributed by atoms with Crippen LogP contribution < -0.4 is 4.74 Å². The van der Waals surface area contributed by atoms with Crippen molar-refractivity contribution < 1.29 is 9.84 Å². The Balaban J connectivity index is 2.50. The van der Waals surface area contributed by atoms with Crippen LogP contribution in [0.25, 0.3) is 0 Å². The van der Waals surface area contributed by atoms with E-state index in [-0.39, 0.29) is 0 Å². The van der Waals surface area contributed by atoms with E-state index < -0.39 is 6.23 Å². The number of fused-ring (bicyclic) bond motifs is 1. The van der Waals surface area contributed by atoms with Crippen LogP contribution in [0, 0.1) is 0 Å². The van der Waals surface area contributed by atoms with Crippen molar-refractivity contribution in [3.63, 3.8) is 0 Å². The molecule has 0 aliphatic carbocycles. The van der Waals surface area contributed by atoms with Crippen molar-refractivity contribution >= 4 is 0 Å². The van der Waals surface area contributed by atoms with Crippen molar-refractivity contribution in [1.29, 1.82) is 0 Å². The van der Waals surface area contributed by atoms with Gasteiger partial charge in [0.2, 0.25) is 0 Å².